The summed E-state index contributed by atoms with van der Waals surface area (Å²) in [5.41, 5.74) is 0.0704. The van der Waals surface area contributed by atoms with Gasteiger partial charge in [0.05, 0.1) is 7.11 Å². The van der Waals surface area contributed by atoms with Crippen molar-refractivity contribution in [3.8, 4) is 5.75 Å². The molecule has 1 aromatic rings. The quantitative estimate of drug-likeness (QED) is 0.773. The number of aryl methyl sites for hydroxylation is 1. The van der Waals surface area contributed by atoms with E-state index in [0.29, 0.717) is 25.9 Å². The van der Waals surface area contributed by atoms with Crippen molar-refractivity contribution < 1.29 is 19.1 Å². The van der Waals surface area contributed by atoms with Gasteiger partial charge in [0.15, 0.2) is 0 Å². The summed E-state index contributed by atoms with van der Waals surface area (Å²) in [4.78, 5) is 40.4. The van der Waals surface area contributed by atoms with Crippen LogP contribution in [0.5, 0.6) is 5.75 Å². The number of nitrogens with zero attached hydrogens (tertiary/aromatic N) is 2. The molecule has 2 heterocycles. The molecule has 146 valence electrons. The van der Waals surface area contributed by atoms with Crippen molar-refractivity contribution in [2.24, 2.45) is 0 Å². The first-order valence-electron chi connectivity index (χ1n) is 9.48. The smallest absolute Gasteiger partial charge is 0.325 e. The molecule has 0 spiro atoms. The third kappa shape index (κ3) is 4.23. The largest absolute Gasteiger partial charge is 0.497 e. The molecule has 0 unspecified atom stereocenters. The van der Waals surface area contributed by atoms with Crippen LogP contribution in [-0.4, -0.2) is 59.9 Å². The first-order valence-corrected chi connectivity index (χ1v) is 9.48. The van der Waals surface area contributed by atoms with Crippen LogP contribution in [0, 0.1) is 0 Å². The molecule has 0 radical (unpaired) electrons. The van der Waals surface area contributed by atoms with Crippen molar-refractivity contribution in [1.82, 2.24) is 15.1 Å². The number of piperidine rings is 1. The highest BCUT2D eigenvalue weighted by Crippen LogP contribution is 2.24. The molecule has 7 nitrogen and oxygen atoms in total. The molecule has 3 rings (SSSR count). The molecule has 1 aromatic carbocycles. The Morgan fingerprint density at radius 1 is 1.15 bits per heavy atom. The van der Waals surface area contributed by atoms with E-state index < -0.39 is 11.6 Å². The number of hydrogen-bond donors (Lipinski definition) is 1. The average molecular weight is 373 g/mol. The number of methoxy groups -OCH3 is 1. The minimum absolute atomic E-state index is 0.155. The fourth-order valence-electron chi connectivity index (χ4n) is 3.63. The van der Waals surface area contributed by atoms with Crippen LogP contribution in [0.4, 0.5) is 4.79 Å². The highest BCUT2D eigenvalue weighted by atomic mass is 16.5. The molecular formula is C20H27N3O4. The van der Waals surface area contributed by atoms with Gasteiger partial charge >= 0.3 is 6.03 Å². The van der Waals surface area contributed by atoms with Gasteiger partial charge in [-0.1, -0.05) is 12.1 Å². The first kappa shape index (κ1) is 19.2. The van der Waals surface area contributed by atoms with Gasteiger partial charge in [0.25, 0.3) is 5.91 Å². The van der Waals surface area contributed by atoms with Gasteiger partial charge in [-0.2, -0.15) is 0 Å². The van der Waals surface area contributed by atoms with E-state index in [4.69, 9.17) is 4.74 Å². The summed E-state index contributed by atoms with van der Waals surface area (Å²) in [5, 5.41) is 2.77. The van der Waals surface area contributed by atoms with Gasteiger partial charge in [-0.05, 0) is 56.7 Å². The maximum Gasteiger partial charge on any atom is 0.325 e. The fourth-order valence-corrected chi connectivity index (χ4v) is 3.63. The topological polar surface area (TPSA) is 79.0 Å². The van der Waals surface area contributed by atoms with Crippen molar-refractivity contribution >= 4 is 17.8 Å². The Morgan fingerprint density at radius 2 is 1.81 bits per heavy atom. The lowest BCUT2D eigenvalue weighted by Crippen LogP contribution is -2.47. The van der Waals surface area contributed by atoms with Crippen molar-refractivity contribution in [2.75, 3.05) is 26.7 Å². The number of urea groups is 1. The van der Waals surface area contributed by atoms with Crippen LogP contribution in [0.3, 0.4) is 0 Å². The molecule has 2 saturated heterocycles. The molecule has 2 aliphatic rings. The third-order valence-electron chi connectivity index (χ3n) is 5.42. The van der Waals surface area contributed by atoms with Gasteiger partial charge < -0.3 is 15.0 Å². The van der Waals surface area contributed by atoms with E-state index in [-0.39, 0.29) is 18.4 Å². The van der Waals surface area contributed by atoms with E-state index in [2.05, 4.69) is 5.32 Å². The molecule has 1 N–H and O–H groups in total. The molecule has 2 fully saturated rings. The monoisotopic (exact) mass is 373 g/mol. The van der Waals surface area contributed by atoms with Crippen molar-refractivity contribution in [3.63, 3.8) is 0 Å². The normalized spacial score (nSPS) is 22.7. The van der Waals surface area contributed by atoms with E-state index >= 15 is 0 Å². The van der Waals surface area contributed by atoms with Gasteiger partial charge in [0.2, 0.25) is 5.91 Å². The number of carbonyl (C=O) groups is 3. The Bertz CT molecular complexity index is 712. The molecule has 2 aliphatic heterocycles. The van der Waals surface area contributed by atoms with Crippen LogP contribution in [0.25, 0.3) is 0 Å². The third-order valence-corrected chi connectivity index (χ3v) is 5.42. The summed E-state index contributed by atoms with van der Waals surface area (Å²) in [6, 6.07) is 7.15. The number of imide groups is 1. The summed E-state index contributed by atoms with van der Waals surface area (Å²) in [6.07, 6.45) is 4.19. The Labute approximate surface area is 159 Å². The number of likely N-dealkylation sites (tertiary alicyclic amines) is 1. The van der Waals surface area contributed by atoms with Crippen molar-refractivity contribution in [3.05, 3.63) is 29.8 Å². The van der Waals surface area contributed by atoms with Crippen LogP contribution < -0.4 is 10.1 Å². The highest BCUT2D eigenvalue weighted by molar-refractivity contribution is 6.08. The Hall–Kier alpha value is -2.57. The number of nitrogens with one attached hydrogen (secondary N) is 1. The van der Waals surface area contributed by atoms with Gasteiger partial charge in [0.1, 0.15) is 17.8 Å². The SMILES string of the molecule is COc1ccc(CC[C@@]2(C)NC(=O)N(CC(=O)N3CCCCC3)C2=O)cc1. The lowest BCUT2D eigenvalue weighted by Gasteiger charge is -2.28. The maximum absolute atomic E-state index is 12.8. The Balaban J connectivity index is 1.60. The predicted molar refractivity (Wildman–Crippen MR) is 100 cm³/mol. The van der Waals surface area contributed by atoms with E-state index in [9.17, 15) is 14.4 Å². The average Bonchev–Trinajstić information content (AvgIpc) is 2.91. The second-order valence-electron chi connectivity index (χ2n) is 7.44. The summed E-state index contributed by atoms with van der Waals surface area (Å²) in [7, 11) is 1.61. The van der Waals surface area contributed by atoms with Crippen molar-refractivity contribution in [1.29, 1.82) is 0 Å². The van der Waals surface area contributed by atoms with Crippen LogP contribution in [0.15, 0.2) is 24.3 Å². The van der Waals surface area contributed by atoms with Crippen LogP contribution in [-0.2, 0) is 16.0 Å². The zero-order chi connectivity index (χ0) is 19.4. The Kier molecular flexibility index (Phi) is 5.68. The number of amides is 4. The standard InChI is InChI=1S/C20H27N3O4/c1-20(11-10-15-6-8-16(27-2)9-7-15)18(25)23(19(26)21-20)14-17(24)22-12-4-3-5-13-22/h6-9H,3-5,10-14H2,1-2H3,(H,21,26)/t20-/m1/s1. The second-order valence-corrected chi connectivity index (χ2v) is 7.44. The van der Waals surface area contributed by atoms with E-state index in [1.165, 1.54) is 0 Å². The van der Waals surface area contributed by atoms with E-state index in [0.717, 1.165) is 35.5 Å². The maximum atomic E-state index is 12.8. The zero-order valence-electron chi connectivity index (χ0n) is 16.0. The minimum atomic E-state index is -0.987. The van der Waals surface area contributed by atoms with Gasteiger partial charge in [-0.15, -0.1) is 0 Å². The molecule has 0 aromatic heterocycles. The molecule has 0 saturated carbocycles. The first-order chi connectivity index (χ1) is 12.9. The second kappa shape index (κ2) is 7.98. The van der Waals surface area contributed by atoms with Gasteiger partial charge in [0, 0.05) is 13.1 Å². The van der Waals surface area contributed by atoms with E-state index in [1.54, 1.807) is 18.9 Å². The molecule has 4 amide bonds. The number of carbonyl (C=O) groups excluding carboxylic acids is 3. The lowest BCUT2D eigenvalue weighted by atomic mass is 9.93. The Morgan fingerprint density at radius 3 is 2.44 bits per heavy atom. The fraction of sp³-hybridized carbons (Fsp3) is 0.550. The van der Waals surface area contributed by atoms with Crippen LogP contribution in [0.2, 0.25) is 0 Å². The summed E-state index contributed by atoms with van der Waals surface area (Å²) in [5.74, 6) is 0.293. The predicted octanol–water partition coefficient (Wildman–Crippen LogP) is 1.95. The molecular weight excluding hydrogens is 346 g/mol. The molecule has 27 heavy (non-hydrogen) atoms. The molecule has 0 bridgehead atoms. The van der Waals surface area contributed by atoms with Gasteiger partial charge in [-0.3, -0.25) is 14.5 Å². The number of benzene rings is 1. The zero-order valence-corrected chi connectivity index (χ0v) is 16.0. The number of hydrogen-bond acceptors (Lipinski definition) is 4. The van der Waals surface area contributed by atoms with Gasteiger partial charge in [-0.25, -0.2) is 4.79 Å². The number of rotatable bonds is 6. The van der Waals surface area contributed by atoms with E-state index in [1.807, 2.05) is 24.3 Å². The number of ether oxygens (including phenoxy) is 1. The highest BCUT2D eigenvalue weighted by Gasteiger charge is 2.48. The van der Waals surface area contributed by atoms with Crippen molar-refractivity contribution in [2.45, 2.75) is 44.6 Å². The van der Waals surface area contributed by atoms with Crippen LogP contribution >= 0.6 is 0 Å². The molecule has 7 heteroatoms. The minimum Gasteiger partial charge on any atom is -0.497 e. The lowest BCUT2D eigenvalue weighted by molar-refractivity contribution is -0.139. The summed E-state index contributed by atoms with van der Waals surface area (Å²) < 4.78 is 5.15. The molecule has 1 atom stereocenters. The van der Waals surface area contributed by atoms with Crippen LogP contribution in [0.1, 0.15) is 38.2 Å². The molecule has 0 aliphatic carbocycles. The summed E-state index contributed by atoms with van der Waals surface area (Å²) in [6.45, 7) is 2.96. The summed E-state index contributed by atoms with van der Waals surface area (Å²) >= 11 is 0.